The third kappa shape index (κ3) is 4.29. The molecule has 10 aromatic rings. The number of hydrogen-bond acceptors (Lipinski definition) is 2. The Morgan fingerprint density at radius 1 is 0.453 bits per heavy atom. The molecular weight excluding hydrogens is 661 g/mol. The predicted octanol–water partition coefficient (Wildman–Crippen LogP) is 10.8. The minimum atomic E-state index is -2.13. The van der Waals surface area contributed by atoms with E-state index in [0.717, 1.165) is 39.5 Å². The van der Waals surface area contributed by atoms with Crippen LogP contribution in [0.2, 0.25) is 13.1 Å². The van der Waals surface area contributed by atoms with Gasteiger partial charge in [-0.05, 0) is 53.2 Å². The van der Waals surface area contributed by atoms with Crippen LogP contribution in [-0.2, 0) is 0 Å². The molecule has 0 radical (unpaired) electrons. The zero-order valence-electron chi connectivity index (χ0n) is 29.5. The largest absolute Gasteiger partial charge is 0.309 e. The Bertz CT molecular complexity index is 3080. The number of nitrogens with zero attached hydrogens (tertiary/aromatic N) is 4. The molecule has 53 heavy (non-hydrogen) atoms. The molecule has 0 bridgehead atoms. The van der Waals surface area contributed by atoms with E-state index < -0.39 is 8.07 Å². The predicted molar refractivity (Wildman–Crippen MR) is 224 cm³/mol. The van der Waals surface area contributed by atoms with Crippen molar-refractivity contribution in [3.8, 4) is 45.1 Å². The van der Waals surface area contributed by atoms with Crippen LogP contribution in [0.3, 0.4) is 0 Å². The fourth-order valence-electron chi connectivity index (χ4n) is 8.87. The van der Waals surface area contributed by atoms with E-state index in [1.165, 1.54) is 59.7 Å². The maximum Gasteiger partial charge on any atom is 0.159 e. The lowest BCUT2D eigenvalue weighted by atomic mass is 9.99. The van der Waals surface area contributed by atoms with Gasteiger partial charge in [0.05, 0.1) is 33.4 Å². The third-order valence-electron chi connectivity index (χ3n) is 11.3. The molecule has 0 unspecified atom stereocenters. The molecule has 0 fully saturated rings. The highest BCUT2D eigenvalue weighted by molar-refractivity contribution is 7.03. The Kier molecular flexibility index (Phi) is 6.37. The molecule has 4 nitrogen and oxygen atoms in total. The number of para-hydroxylation sites is 4. The first-order chi connectivity index (χ1) is 26.1. The molecule has 0 saturated carbocycles. The average Bonchev–Trinajstić information content (AvgIpc) is 3.80. The van der Waals surface area contributed by atoms with Crippen molar-refractivity contribution >= 4 is 62.2 Å². The molecule has 11 rings (SSSR count). The molecule has 0 N–H and O–H groups in total. The Labute approximate surface area is 308 Å². The molecule has 5 heteroatoms. The summed E-state index contributed by atoms with van der Waals surface area (Å²) in [5.74, 6) is 0.777. The molecule has 1 aliphatic heterocycles. The SMILES string of the molecule is C[Si]1(C)c2ccccc2-c2c(-c3ccccc3-n3c4ccccc4c4cc5c6ccccc6n(-c6ccccc6)c5cc43)nc(-c3ccccc3)nc21. The zero-order valence-corrected chi connectivity index (χ0v) is 30.5. The van der Waals surface area contributed by atoms with Crippen molar-refractivity contribution in [2.24, 2.45) is 0 Å². The van der Waals surface area contributed by atoms with Gasteiger partial charge in [0, 0.05) is 49.2 Å². The molecule has 250 valence electrons. The van der Waals surface area contributed by atoms with Crippen molar-refractivity contribution < 1.29 is 0 Å². The molecule has 0 amide bonds. The van der Waals surface area contributed by atoms with Crippen molar-refractivity contribution in [2.75, 3.05) is 0 Å². The Balaban J connectivity index is 1.26. The molecule has 0 aliphatic carbocycles. The van der Waals surface area contributed by atoms with Crippen LogP contribution in [0.5, 0.6) is 0 Å². The van der Waals surface area contributed by atoms with E-state index in [0.29, 0.717) is 0 Å². The van der Waals surface area contributed by atoms with Gasteiger partial charge in [0.15, 0.2) is 5.82 Å². The van der Waals surface area contributed by atoms with E-state index >= 15 is 0 Å². The average molecular weight is 695 g/mol. The first kappa shape index (κ1) is 30.1. The summed E-state index contributed by atoms with van der Waals surface area (Å²) in [6.07, 6.45) is 0. The van der Waals surface area contributed by atoms with Crippen molar-refractivity contribution in [3.63, 3.8) is 0 Å². The van der Waals surface area contributed by atoms with Crippen LogP contribution in [0.1, 0.15) is 0 Å². The van der Waals surface area contributed by atoms with Gasteiger partial charge in [0.25, 0.3) is 0 Å². The van der Waals surface area contributed by atoms with Crippen molar-refractivity contribution in [1.82, 2.24) is 19.1 Å². The third-order valence-corrected chi connectivity index (χ3v) is 14.6. The van der Waals surface area contributed by atoms with Gasteiger partial charge < -0.3 is 9.13 Å². The summed E-state index contributed by atoms with van der Waals surface area (Å²) < 4.78 is 4.87. The second-order valence-corrected chi connectivity index (χ2v) is 18.9. The van der Waals surface area contributed by atoms with E-state index in [1.54, 1.807) is 0 Å². The maximum absolute atomic E-state index is 5.51. The van der Waals surface area contributed by atoms with E-state index in [2.05, 4.69) is 192 Å². The molecule has 0 atom stereocenters. The number of benzene rings is 7. The normalized spacial score (nSPS) is 13.2. The maximum atomic E-state index is 5.51. The smallest absolute Gasteiger partial charge is 0.159 e. The first-order valence-electron chi connectivity index (χ1n) is 18.3. The van der Waals surface area contributed by atoms with Gasteiger partial charge in [-0.1, -0.05) is 140 Å². The van der Waals surface area contributed by atoms with Gasteiger partial charge in [-0.25, -0.2) is 9.97 Å². The molecule has 0 spiro atoms. The van der Waals surface area contributed by atoms with E-state index in [9.17, 15) is 0 Å². The van der Waals surface area contributed by atoms with Crippen molar-refractivity contribution in [2.45, 2.75) is 13.1 Å². The van der Waals surface area contributed by atoms with Gasteiger partial charge >= 0.3 is 0 Å². The summed E-state index contributed by atoms with van der Waals surface area (Å²) in [6.45, 7) is 4.86. The minimum Gasteiger partial charge on any atom is -0.309 e. The molecule has 4 heterocycles. The van der Waals surface area contributed by atoms with Gasteiger partial charge in [-0.15, -0.1) is 0 Å². The second-order valence-electron chi connectivity index (χ2n) is 14.6. The Morgan fingerprint density at radius 3 is 1.75 bits per heavy atom. The minimum absolute atomic E-state index is 0.777. The summed E-state index contributed by atoms with van der Waals surface area (Å²) in [4.78, 5) is 10.9. The van der Waals surface area contributed by atoms with E-state index in [4.69, 9.17) is 9.97 Å². The summed E-state index contributed by atoms with van der Waals surface area (Å²) in [7, 11) is -2.13. The summed E-state index contributed by atoms with van der Waals surface area (Å²) in [5.41, 5.74) is 12.5. The van der Waals surface area contributed by atoms with Crippen LogP contribution in [0.25, 0.3) is 88.8 Å². The highest BCUT2D eigenvalue weighted by Gasteiger charge is 2.41. The number of rotatable bonds is 4. The topological polar surface area (TPSA) is 35.6 Å². The summed E-state index contributed by atoms with van der Waals surface area (Å²) in [6, 6.07) is 61.3. The van der Waals surface area contributed by atoms with Crippen LogP contribution in [0.15, 0.2) is 170 Å². The van der Waals surface area contributed by atoms with E-state index in [1.807, 2.05) is 0 Å². The van der Waals surface area contributed by atoms with Gasteiger partial charge in [0.2, 0.25) is 0 Å². The highest BCUT2D eigenvalue weighted by atomic mass is 28.3. The lowest BCUT2D eigenvalue weighted by molar-refractivity contribution is 1.15. The van der Waals surface area contributed by atoms with Gasteiger partial charge in [-0.2, -0.15) is 0 Å². The fraction of sp³-hybridized carbons (Fsp3) is 0.0417. The van der Waals surface area contributed by atoms with Crippen LogP contribution in [-0.4, -0.2) is 27.2 Å². The number of aromatic nitrogens is 4. The monoisotopic (exact) mass is 694 g/mol. The summed E-state index contributed by atoms with van der Waals surface area (Å²) >= 11 is 0. The highest BCUT2D eigenvalue weighted by Crippen LogP contribution is 2.43. The summed E-state index contributed by atoms with van der Waals surface area (Å²) in [5, 5.41) is 7.58. The van der Waals surface area contributed by atoms with Crippen molar-refractivity contribution in [3.05, 3.63) is 170 Å². The molecule has 0 saturated heterocycles. The van der Waals surface area contributed by atoms with Crippen LogP contribution in [0, 0.1) is 0 Å². The first-order valence-corrected chi connectivity index (χ1v) is 21.3. The van der Waals surface area contributed by atoms with E-state index in [-0.39, 0.29) is 0 Å². The molecule has 1 aliphatic rings. The standard InChI is InChI=1S/C48H34N4Si/c1-53(2)44-28-16-12-24-36(44)45-46(49-47(50-48(45)53)31-17-5-3-6-18-31)35-23-11-15-27-41(35)52-40-26-14-10-22-34(40)38-29-37-33-21-9-13-25-39(33)51(42(37)30-43(38)52)32-19-7-4-8-20-32/h3-30H,1-2H3. The van der Waals surface area contributed by atoms with Crippen LogP contribution >= 0.6 is 0 Å². The zero-order chi connectivity index (χ0) is 35.3. The lowest BCUT2D eigenvalue weighted by Gasteiger charge is -2.20. The molecular formula is C48H34N4Si. The van der Waals surface area contributed by atoms with Gasteiger partial charge in [-0.3, -0.25) is 0 Å². The number of fused-ring (bicyclic) bond motifs is 9. The number of hydrogen-bond donors (Lipinski definition) is 0. The van der Waals surface area contributed by atoms with Crippen LogP contribution in [0.4, 0.5) is 0 Å². The molecule has 3 aromatic heterocycles. The Hall–Kier alpha value is -6.56. The Morgan fingerprint density at radius 2 is 1.02 bits per heavy atom. The lowest BCUT2D eigenvalue weighted by Crippen LogP contribution is -2.50. The fourth-order valence-corrected chi connectivity index (χ4v) is 11.8. The van der Waals surface area contributed by atoms with Gasteiger partial charge in [0.1, 0.15) is 8.07 Å². The van der Waals surface area contributed by atoms with Crippen molar-refractivity contribution in [1.29, 1.82) is 0 Å². The molecule has 7 aromatic carbocycles. The second kappa shape index (κ2) is 11.2. The quantitative estimate of drug-likeness (QED) is 0.172. The van der Waals surface area contributed by atoms with Crippen LogP contribution < -0.4 is 10.5 Å².